The van der Waals surface area contributed by atoms with Gasteiger partial charge in [-0.25, -0.2) is 4.79 Å². The van der Waals surface area contributed by atoms with Crippen LogP contribution in [0.25, 0.3) is 0 Å². The minimum Gasteiger partial charge on any atom is -0.466 e. The van der Waals surface area contributed by atoms with E-state index >= 15 is 0 Å². The molecule has 4 atom stereocenters. The Balaban J connectivity index is 2.41. The van der Waals surface area contributed by atoms with Crippen LogP contribution in [-0.2, 0) is 23.9 Å². The van der Waals surface area contributed by atoms with Crippen LogP contribution in [0.3, 0.4) is 0 Å². The average molecular weight is 536 g/mol. The number of hydrogen-bond acceptors (Lipinski definition) is 7. The molecule has 9 nitrogen and oxygen atoms in total. The standard InChI is InChI=1S/C27H41N3O6S/c1-8-35-22(31)12-13-28-24(32)23(19-11-9-10-16(2)18(19)4)30(21-14-17(21)3)25(33)20(15-37)29-26(34)36-27(5,6)7/h9-11,17,20-21,23,37H,8,12-15H2,1-7H3,(H,28,32)(H,29,34). The lowest BCUT2D eigenvalue weighted by molar-refractivity contribution is -0.144. The number of thiol groups is 1. The number of benzene rings is 1. The number of aryl methyl sites for hydroxylation is 1. The third-order valence-corrected chi connectivity index (χ3v) is 6.62. The maximum Gasteiger partial charge on any atom is 0.408 e. The second-order valence-electron chi connectivity index (χ2n) is 10.4. The molecular formula is C27H41N3O6S. The Kier molecular flexibility index (Phi) is 10.8. The first-order valence-electron chi connectivity index (χ1n) is 12.7. The van der Waals surface area contributed by atoms with Crippen LogP contribution in [0.2, 0.25) is 0 Å². The Morgan fingerprint density at radius 1 is 1.19 bits per heavy atom. The second kappa shape index (κ2) is 13.2. The van der Waals surface area contributed by atoms with Crippen molar-refractivity contribution >= 4 is 36.5 Å². The van der Waals surface area contributed by atoms with Crippen LogP contribution in [0, 0.1) is 19.8 Å². The molecule has 1 aliphatic rings. The zero-order chi connectivity index (χ0) is 27.9. The Morgan fingerprint density at radius 2 is 1.84 bits per heavy atom. The van der Waals surface area contributed by atoms with E-state index in [-0.39, 0.29) is 37.3 Å². The molecule has 206 valence electrons. The van der Waals surface area contributed by atoms with Crippen LogP contribution in [0.15, 0.2) is 18.2 Å². The average Bonchev–Trinajstić information content (AvgIpc) is 3.52. The maximum atomic E-state index is 13.9. The van der Waals surface area contributed by atoms with E-state index in [4.69, 9.17) is 9.47 Å². The minimum absolute atomic E-state index is 0.0202. The van der Waals surface area contributed by atoms with Crippen LogP contribution in [-0.4, -0.2) is 65.4 Å². The van der Waals surface area contributed by atoms with E-state index in [1.165, 1.54) is 0 Å². The lowest BCUT2D eigenvalue weighted by atomic mass is 9.95. The van der Waals surface area contributed by atoms with Crippen molar-refractivity contribution in [3.05, 3.63) is 34.9 Å². The molecule has 0 saturated heterocycles. The number of nitrogens with zero attached hydrogens (tertiary/aromatic N) is 1. The Bertz CT molecular complexity index is 993. The lowest BCUT2D eigenvalue weighted by Crippen LogP contribution is -2.55. The topological polar surface area (TPSA) is 114 Å². The van der Waals surface area contributed by atoms with Gasteiger partial charge >= 0.3 is 12.1 Å². The molecule has 0 radical (unpaired) electrons. The van der Waals surface area contributed by atoms with E-state index in [0.29, 0.717) is 5.56 Å². The molecule has 1 aromatic carbocycles. The molecule has 1 aromatic rings. The number of amides is 3. The van der Waals surface area contributed by atoms with E-state index in [1.807, 2.05) is 39.0 Å². The van der Waals surface area contributed by atoms with Gasteiger partial charge in [0.15, 0.2) is 0 Å². The number of rotatable bonds is 11. The molecule has 2 N–H and O–H groups in total. The third kappa shape index (κ3) is 8.66. The summed E-state index contributed by atoms with van der Waals surface area (Å²) in [6.07, 6.45) is 0.0206. The van der Waals surface area contributed by atoms with Crippen molar-refractivity contribution < 1.29 is 28.7 Å². The first-order valence-corrected chi connectivity index (χ1v) is 13.4. The van der Waals surface area contributed by atoms with Gasteiger partial charge < -0.3 is 25.0 Å². The molecule has 1 aliphatic carbocycles. The summed E-state index contributed by atoms with van der Waals surface area (Å²) < 4.78 is 10.3. The fraction of sp³-hybridized carbons (Fsp3) is 0.630. The highest BCUT2D eigenvalue weighted by atomic mass is 32.1. The zero-order valence-electron chi connectivity index (χ0n) is 22.9. The molecule has 1 saturated carbocycles. The molecule has 1 fully saturated rings. The van der Waals surface area contributed by atoms with Crippen molar-refractivity contribution in [1.29, 1.82) is 0 Å². The maximum absolute atomic E-state index is 13.9. The molecule has 0 bridgehead atoms. The van der Waals surface area contributed by atoms with Gasteiger partial charge in [-0.2, -0.15) is 12.6 Å². The van der Waals surface area contributed by atoms with Crippen LogP contribution in [0.4, 0.5) is 4.79 Å². The summed E-state index contributed by atoms with van der Waals surface area (Å²) in [5.41, 5.74) is 1.83. The van der Waals surface area contributed by atoms with Gasteiger partial charge in [-0.3, -0.25) is 14.4 Å². The largest absolute Gasteiger partial charge is 0.466 e. The molecule has 0 heterocycles. The third-order valence-electron chi connectivity index (χ3n) is 6.25. The summed E-state index contributed by atoms with van der Waals surface area (Å²) in [7, 11) is 0. The summed E-state index contributed by atoms with van der Waals surface area (Å²) in [6, 6.07) is 3.50. The van der Waals surface area contributed by atoms with E-state index in [1.54, 1.807) is 32.6 Å². The predicted molar refractivity (Wildman–Crippen MR) is 144 cm³/mol. The lowest BCUT2D eigenvalue weighted by Gasteiger charge is -2.35. The molecule has 0 aromatic heterocycles. The van der Waals surface area contributed by atoms with Crippen molar-refractivity contribution in [2.75, 3.05) is 18.9 Å². The van der Waals surface area contributed by atoms with Crippen molar-refractivity contribution in [2.24, 2.45) is 5.92 Å². The van der Waals surface area contributed by atoms with Gasteiger partial charge in [0, 0.05) is 18.3 Å². The smallest absolute Gasteiger partial charge is 0.408 e. The summed E-state index contributed by atoms with van der Waals surface area (Å²) in [4.78, 5) is 53.4. The van der Waals surface area contributed by atoms with Gasteiger partial charge in [0.1, 0.15) is 17.7 Å². The normalized spacial score (nSPS) is 18.3. The predicted octanol–water partition coefficient (Wildman–Crippen LogP) is 3.47. The molecule has 3 amide bonds. The van der Waals surface area contributed by atoms with E-state index in [0.717, 1.165) is 17.5 Å². The number of esters is 1. The molecule has 0 aliphatic heterocycles. The first kappa shape index (κ1) is 30.5. The van der Waals surface area contributed by atoms with Crippen LogP contribution in [0.5, 0.6) is 0 Å². The highest BCUT2D eigenvalue weighted by molar-refractivity contribution is 7.80. The summed E-state index contributed by atoms with van der Waals surface area (Å²) in [6.45, 7) is 13.1. The van der Waals surface area contributed by atoms with Crippen LogP contribution in [0.1, 0.15) is 70.2 Å². The number of ether oxygens (including phenoxy) is 2. The van der Waals surface area contributed by atoms with Crippen molar-refractivity contribution in [3.8, 4) is 0 Å². The van der Waals surface area contributed by atoms with Crippen molar-refractivity contribution in [1.82, 2.24) is 15.5 Å². The SMILES string of the molecule is CCOC(=O)CCNC(=O)C(c1cccc(C)c1C)N(C(=O)C(CS)NC(=O)OC(C)(C)C)C1CC1C. The second-order valence-corrected chi connectivity index (χ2v) is 10.8. The number of alkyl carbamates (subject to hydrolysis) is 1. The Labute approximate surface area is 225 Å². The summed E-state index contributed by atoms with van der Waals surface area (Å²) >= 11 is 4.32. The fourth-order valence-corrected chi connectivity index (χ4v) is 4.34. The Hall–Kier alpha value is -2.75. The number of hydrogen-bond donors (Lipinski definition) is 3. The zero-order valence-corrected chi connectivity index (χ0v) is 23.8. The quantitative estimate of drug-likeness (QED) is 0.295. The molecular weight excluding hydrogens is 494 g/mol. The van der Waals surface area contributed by atoms with Gasteiger partial charge in [-0.1, -0.05) is 25.1 Å². The number of carbonyl (C=O) groups is 4. The molecule has 10 heteroatoms. The highest BCUT2D eigenvalue weighted by Crippen LogP contribution is 2.41. The summed E-state index contributed by atoms with van der Waals surface area (Å²) in [5.74, 6) is -1.01. The monoisotopic (exact) mass is 535 g/mol. The van der Waals surface area contributed by atoms with Gasteiger partial charge in [0.05, 0.1) is 13.0 Å². The van der Waals surface area contributed by atoms with Gasteiger partial charge in [-0.05, 0) is 70.6 Å². The van der Waals surface area contributed by atoms with Crippen LogP contribution >= 0.6 is 12.6 Å². The van der Waals surface area contributed by atoms with E-state index in [9.17, 15) is 19.2 Å². The van der Waals surface area contributed by atoms with Gasteiger partial charge in [-0.15, -0.1) is 0 Å². The van der Waals surface area contributed by atoms with Crippen molar-refractivity contribution in [2.45, 2.75) is 85.0 Å². The molecule has 0 spiro atoms. The van der Waals surface area contributed by atoms with Gasteiger partial charge in [0.25, 0.3) is 0 Å². The molecule has 4 unspecified atom stereocenters. The van der Waals surface area contributed by atoms with E-state index < -0.39 is 41.6 Å². The first-order chi connectivity index (χ1) is 17.3. The van der Waals surface area contributed by atoms with E-state index in [2.05, 4.69) is 23.3 Å². The number of carbonyl (C=O) groups excluding carboxylic acids is 4. The highest BCUT2D eigenvalue weighted by Gasteiger charge is 2.48. The van der Waals surface area contributed by atoms with Crippen LogP contribution < -0.4 is 10.6 Å². The Morgan fingerprint density at radius 3 is 2.38 bits per heavy atom. The van der Waals surface area contributed by atoms with Crippen molar-refractivity contribution in [3.63, 3.8) is 0 Å². The summed E-state index contributed by atoms with van der Waals surface area (Å²) in [5, 5.41) is 5.44. The fourth-order valence-electron chi connectivity index (χ4n) is 4.09. The molecule has 2 rings (SSSR count). The molecule has 37 heavy (non-hydrogen) atoms. The minimum atomic E-state index is -0.995. The van der Waals surface area contributed by atoms with Gasteiger partial charge in [0.2, 0.25) is 11.8 Å². The number of nitrogens with one attached hydrogen (secondary N) is 2.